The van der Waals surface area contributed by atoms with Gasteiger partial charge in [0, 0.05) is 13.1 Å². The van der Waals surface area contributed by atoms with E-state index in [4.69, 9.17) is 0 Å². The summed E-state index contributed by atoms with van der Waals surface area (Å²) >= 11 is 0. The van der Waals surface area contributed by atoms with Crippen LogP contribution in [-0.4, -0.2) is 36.3 Å². The van der Waals surface area contributed by atoms with Crippen molar-refractivity contribution in [3.05, 3.63) is 35.9 Å². The number of aliphatic hydroxyl groups is 1. The van der Waals surface area contributed by atoms with E-state index in [0.29, 0.717) is 19.5 Å². The maximum atomic E-state index is 11.4. The second-order valence-corrected chi connectivity index (χ2v) is 4.44. The molecule has 0 saturated carbocycles. The van der Waals surface area contributed by atoms with Gasteiger partial charge in [-0.25, -0.2) is 4.79 Å². The molecule has 100 valence electrons. The molecule has 4 heteroatoms. The molecule has 0 aliphatic rings. The Kier molecular flexibility index (Phi) is 5.16. The van der Waals surface area contributed by atoms with E-state index in [2.05, 4.69) is 4.74 Å². The summed E-state index contributed by atoms with van der Waals surface area (Å²) < 4.78 is 4.68. The maximum Gasteiger partial charge on any atom is 0.409 e. The van der Waals surface area contributed by atoms with Crippen molar-refractivity contribution in [3.8, 4) is 0 Å². The number of carbonyl (C=O) groups is 1. The number of amides is 1. The molecule has 1 N–H and O–H groups in total. The third-order valence-corrected chi connectivity index (χ3v) is 3.08. The highest BCUT2D eigenvalue weighted by Crippen LogP contribution is 2.24. The van der Waals surface area contributed by atoms with Gasteiger partial charge >= 0.3 is 6.09 Å². The number of methoxy groups -OCH3 is 1. The quantitative estimate of drug-likeness (QED) is 0.874. The van der Waals surface area contributed by atoms with E-state index in [1.807, 2.05) is 37.3 Å². The predicted octanol–water partition coefficient (Wildman–Crippen LogP) is 2.37. The summed E-state index contributed by atoms with van der Waals surface area (Å²) in [6.07, 6.45) is 0.112. The van der Waals surface area contributed by atoms with Crippen LogP contribution in [0.25, 0.3) is 0 Å². The van der Waals surface area contributed by atoms with Crippen LogP contribution in [0.15, 0.2) is 30.3 Å². The topological polar surface area (TPSA) is 49.8 Å². The molecule has 0 aliphatic carbocycles. The zero-order valence-corrected chi connectivity index (χ0v) is 11.2. The summed E-state index contributed by atoms with van der Waals surface area (Å²) in [5, 5.41) is 10.4. The van der Waals surface area contributed by atoms with Crippen LogP contribution in [0.2, 0.25) is 0 Å². The zero-order valence-electron chi connectivity index (χ0n) is 11.2. The summed E-state index contributed by atoms with van der Waals surface area (Å²) in [7, 11) is 1.36. The molecule has 1 aromatic carbocycles. The van der Waals surface area contributed by atoms with Crippen LogP contribution < -0.4 is 0 Å². The molecule has 0 bridgehead atoms. The first-order valence-corrected chi connectivity index (χ1v) is 6.12. The molecule has 0 saturated heterocycles. The highest BCUT2D eigenvalue weighted by molar-refractivity contribution is 5.67. The third-order valence-electron chi connectivity index (χ3n) is 3.08. The smallest absolute Gasteiger partial charge is 0.409 e. The zero-order chi connectivity index (χ0) is 13.6. The monoisotopic (exact) mass is 251 g/mol. The van der Waals surface area contributed by atoms with Gasteiger partial charge in [0.1, 0.15) is 0 Å². The van der Waals surface area contributed by atoms with Crippen LogP contribution >= 0.6 is 0 Å². The average Bonchev–Trinajstić information content (AvgIpc) is 2.40. The minimum atomic E-state index is -0.942. The van der Waals surface area contributed by atoms with Gasteiger partial charge in [0.15, 0.2) is 0 Å². The first-order valence-electron chi connectivity index (χ1n) is 6.12. The lowest BCUT2D eigenvalue weighted by molar-refractivity contribution is 0.0356. The molecular weight excluding hydrogens is 230 g/mol. The molecule has 1 rings (SSSR count). The molecule has 4 nitrogen and oxygen atoms in total. The fourth-order valence-corrected chi connectivity index (χ4v) is 1.80. The molecule has 1 amide bonds. The van der Waals surface area contributed by atoms with Gasteiger partial charge in [-0.15, -0.1) is 0 Å². The minimum absolute atomic E-state index is 0.360. The number of benzene rings is 1. The fourth-order valence-electron chi connectivity index (χ4n) is 1.80. The third kappa shape index (κ3) is 3.74. The molecule has 0 radical (unpaired) electrons. The van der Waals surface area contributed by atoms with Gasteiger partial charge < -0.3 is 14.7 Å². The van der Waals surface area contributed by atoms with E-state index in [0.717, 1.165) is 5.56 Å². The second-order valence-electron chi connectivity index (χ2n) is 4.44. The van der Waals surface area contributed by atoms with Crippen molar-refractivity contribution in [1.29, 1.82) is 0 Å². The number of rotatable bonds is 5. The Hall–Kier alpha value is -1.55. The molecule has 1 unspecified atom stereocenters. The van der Waals surface area contributed by atoms with Crippen LogP contribution in [0, 0.1) is 0 Å². The lowest BCUT2D eigenvalue weighted by atomic mass is 9.92. The molecule has 0 spiro atoms. The van der Waals surface area contributed by atoms with Crippen LogP contribution in [0.1, 0.15) is 25.8 Å². The van der Waals surface area contributed by atoms with E-state index < -0.39 is 5.60 Å². The largest absolute Gasteiger partial charge is 0.453 e. The van der Waals surface area contributed by atoms with Crippen molar-refractivity contribution >= 4 is 6.09 Å². The summed E-state index contributed by atoms with van der Waals surface area (Å²) in [4.78, 5) is 13.0. The van der Waals surface area contributed by atoms with E-state index in [-0.39, 0.29) is 6.09 Å². The van der Waals surface area contributed by atoms with E-state index >= 15 is 0 Å². The summed E-state index contributed by atoms with van der Waals surface area (Å²) in [5.41, 5.74) is -0.0891. The van der Waals surface area contributed by atoms with Crippen LogP contribution in [0.5, 0.6) is 0 Å². The fraction of sp³-hybridized carbons (Fsp3) is 0.500. The molecule has 0 aliphatic heterocycles. The highest BCUT2D eigenvalue weighted by atomic mass is 16.5. The molecule has 1 aromatic rings. The summed E-state index contributed by atoms with van der Waals surface area (Å²) in [5.74, 6) is 0. The Morgan fingerprint density at radius 2 is 2.00 bits per heavy atom. The van der Waals surface area contributed by atoms with Crippen molar-refractivity contribution in [3.63, 3.8) is 0 Å². The van der Waals surface area contributed by atoms with E-state index in [1.54, 1.807) is 11.8 Å². The lowest BCUT2D eigenvalue weighted by Gasteiger charge is -2.27. The molecule has 0 fully saturated rings. The first kappa shape index (κ1) is 14.5. The SMILES string of the molecule is CCN(CCC(C)(O)c1ccccc1)C(=O)OC. The standard InChI is InChI=1S/C14H21NO3/c1-4-15(13(16)18-3)11-10-14(2,17)12-8-6-5-7-9-12/h5-9,17H,4,10-11H2,1-3H3. The Morgan fingerprint density at radius 1 is 1.39 bits per heavy atom. The minimum Gasteiger partial charge on any atom is -0.453 e. The maximum absolute atomic E-state index is 11.4. The number of hydrogen-bond donors (Lipinski definition) is 1. The van der Waals surface area contributed by atoms with Crippen LogP contribution in [0.3, 0.4) is 0 Å². The van der Waals surface area contributed by atoms with Gasteiger partial charge in [0.2, 0.25) is 0 Å². The Bertz CT molecular complexity index is 376. The van der Waals surface area contributed by atoms with Gasteiger partial charge in [-0.1, -0.05) is 30.3 Å². The Morgan fingerprint density at radius 3 is 2.50 bits per heavy atom. The summed E-state index contributed by atoms with van der Waals surface area (Å²) in [6.45, 7) is 4.67. The first-order chi connectivity index (χ1) is 8.51. The van der Waals surface area contributed by atoms with E-state index in [1.165, 1.54) is 7.11 Å². The van der Waals surface area contributed by atoms with Gasteiger partial charge in [-0.2, -0.15) is 0 Å². The number of nitrogens with zero attached hydrogens (tertiary/aromatic N) is 1. The van der Waals surface area contributed by atoms with Gasteiger partial charge in [0.05, 0.1) is 12.7 Å². The van der Waals surface area contributed by atoms with Crippen LogP contribution in [0.4, 0.5) is 4.79 Å². The van der Waals surface area contributed by atoms with Gasteiger partial charge in [-0.3, -0.25) is 0 Å². The predicted molar refractivity (Wildman–Crippen MR) is 70.3 cm³/mol. The van der Waals surface area contributed by atoms with Gasteiger partial charge in [0.25, 0.3) is 0 Å². The number of carbonyl (C=O) groups excluding carboxylic acids is 1. The molecule has 1 atom stereocenters. The average molecular weight is 251 g/mol. The van der Waals surface area contributed by atoms with E-state index in [9.17, 15) is 9.90 Å². The van der Waals surface area contributed by atoms with Crippen LogP contribution in [-0.2, 0) is 10.3 Å². The number of ether oxygens (including phenoxy) is 1. The normalized spacial score (nSPS) is 13.8. The molecular formula is C14H21NO3. The molecule has 0 heterocycles. The van der Waals surface area contributed by atoms with Crippen molar-refractivity contribution in [2.45, 2.75) is 25.9 Å². The molecule has 18 heavy (non-hydrogen) atoms. The van der Waals surface area contributed by atoms with Crippen molar-refractivity contribution in [1.82, 2.24) is 4.90 Å². The van der Waals surface area contributed by atoms with Crippen molar-refractivity contribution in [2.75, 3.05) is 20.2 Å². The van der Waals surface area contributed by atoms with Crippen molar-refractivity contribution < 1.29 is 14.6 Å². The summed E-state index contributed by atoms with van der Waals surface area (Å²) in [6, 6.07) is 9.46. The number of hydrogen-bond acceptors (Lipinski definition) is 3. The Balaban J connectivity index is 2.64. The highest BCUT2D eigenvalue weighted by Gasteiger charge is 2.24. The van der Waals surface area contributed by atoms with Crippen molar-refractivity contribution in [2.24, 2.45) is 0 Å². The Labute approximate surface area is 108 Å². The van der Waals surface area contributed by atoms with Gasteiger partial charge in [-0.05, 0) is 25.8 Å². The molecule has 0 aromatic heterocycles. The second kappa shape index (κ2) is 6.40. The lowest BCUT2D eigenvalue weighted by Crippen LogP contribution is -2.35.